The van der Waals surface area contributed by atoms with E-state index in [-0.39, 0.29) is 17.7 Å². The summed E-state index contributed by atoms with van der Waals surface area (Å²) in [7, 11) is 1.50. The Balaban J connectivity index is 2.19. The molecule has 0 heterocycles. The average molecular weight is 343 g/mol. The molecule has 0 fully saturated rings. The molecule has 130 valence electrons. The molecule has 0 saturated carbocycles. The highest BCUT2D eigenvalue weighted by Crippen LogP contribution is 2.19. The molecule has 0 unspecified atom stereocenters. The van der Waals surface area contributed by atoms with Crippen molar-refractivity contribution in [2.24, 2.45) is 5.73 Å². The Bertz CT molecular complexity index is 806. The lowest BCUT2D eigenvalue weighted by molar-refractivity contribution is -0.384. The van der Waals surface area contributed by atoms with Crippen LogP contribution in [0.25, 0.3) is 0 Å². The molecule has 3 N–H and O–H groups in total. The number of carbonyl (C=O) groups excluding carboxylic acids is 2. The number of methoxy groups -OCH3 is 1. The number of nitrogens with two attached hydrogens (primary N) is 1. The number of benzene rings is 2. The second-order valence-corrected chi connectivity index (χ2v) is 5.25. The Morgan fingerprint density at radius 3 is 2.60 bits per heavy atom. The van der Waals surface area contributed by atoms with Crippen LogP contribution in [0.4, 0.5) is 5.69 Å². The van der Waals surface area contributed by atoms with E-state index in [0.717, 1.165) is 6.07 Å². The Labute approximate surface area is 143 Å². The summed E-state index contributed by atoms with van der Waals surface area (Å²) in [4.78, 5) is 34.2. The summed E-state index contributed by atoms with van der Waals surface area (Å²) in [5.41, 5.74) is 5.93. The third-order valence-electron chi connectivity index (χ3n) is 3.58. The van der Waals surface area contributed by atoms with Crippen molar-refractivity contribution in [3.8, 4) is 5.75 Å². The van der Waals surface area contributed by atoms with Crippen LogP contribution in [-0.4, -0.2) is 29.9 Å². The predicted molar refractivity (Wildman–Crippen MR) is 90.2 cm³/mol. The first-order chi connectivity index (χ1) is 11.9. The van der Waals surface area contributed by atoms with Gasteiger partial charge in [-0.3, -0.25) is 19.7 Å². The van der Waals surface area contributed by atoms with E-state index >= 15 is 0 Å². The SMILES string of the molecule is COc1ccccc1C[C@H](NC(=O)c1cccc([N+](=O)[O-])c1)C(N)=O. The Morgan fingerprint density at radius 2 is 1.96 bits per heavy atom. The molecule has 0 aliphatic rings. The van der Waals surface area contributed by atoms with Gasteiger partial charge in [-0.25, -0.2) is 0 Å². The van der Waals surface area contributed by atoms with Crippen molar-refractivity contribution < 1.29 is 19.2 Å². The van der Waals surface area contributed by atoms with Gasteiger partial charge < -0.3 is 15.8 Å². The van der Waals surface area contributed by atoms with E-state index in [9.17, 15) is 19.7 Å². The van der Waals surface area contributed by atoms with E-state index in [0.29, 0.717) is 11.3 Å². The third kappa shape index (κ3) is 4.54. The van der Waals surface area contributed by atoms with Gasteiger partial charge in [0, 0.05) is 24.1 Å². The van der Waals surface area contributed by atoms with Gasteiger partial charge in [0.15, 0.2) is 0 Å². The lowest BCUT2D eigenvalue weighted by Crippen LogP contribution is -2.45. The van der Waals surface area contributed by atoms with Crippen LogP contribution in [0.3, 0.4) is 0 Å². The van der Waals surface area contributed by atoms with Crippen LogP contribution in [0.2, 0.25) is 0 Å². The van der Waals surface area contributed by atoms with Crippen LogP contribution >= 0.6 is 0 Å². The van der Waals surface area contributed by atoms with E-state index < -0.39 is 22.8 Å². The maximum Gasteiger partial charge on any atom is 0.270 e. The van der Waals surface area contributed by atoms with Gasteiger partial charge in [-0.05, 0) is 17.7 Å². The van der Waals surface area contributed by atoms with Crippen molar-refractivity contribution in [3.05, 3.63) is 69.8 Å². The fourth-order valence-electron chi connectivity index (χ4n) is 2.32. The molecule has 0 radical (unpaired) electrons. The highest BCUT2D eigenvalue weighted by atomic mass is 16.6. The first kappa shape index (κ1) is 17.9. The monoisotopic (exact) mass is 343 g/mol. The van der Waals surface area contributed by atoms with Crippen LogP contribution in [0, 0.1) is 10.1 Å². The van der Waals surface area contributed by atoms with Crippen molar-refractivity contribution in [2.75, 3.05) is 7.11 Å². The number of hydrogen-bond acceptors (Lipinski definition) is 5. The smallest absolute Gasteiger partial charge is 0.270 e. The summed E-state index contributed by atoms with van der Waals surface area (Å²) in [6.45, 7) is 0. The molecule has 8 heteroatoms. The average Bonchev–Trinajstić information content (AvgIpc) is 2.61. The minimum atomic E-state index is -0.983. The number of carbonyl (C=O) groups is 2. The van der Waals surface area contributed by atoms with Crippen LogP contribution in [0.5, 0.6) is 5.75 Å². The van der Waals surface area contributed by atoms with Crippen molar-refractivity contribution in [1.29, 1.82) is 0 Å². The van der Waals surface area contributed by atoms with Gasteiger partial charge >= 0.3 is 0 Å². The second kappa shape index (κ2) is 7.91. The maximum absolute atomic E-state index is 12.3. The number of hydrogen-bond donors (Lipinski definition) is 2. The first-order valence-corrected chi connectivity index (χ1v) is 7.39. The molecule has 2 rings (SSSR count). The molecule has 0 aliphatic carbocycles. The van der Waals surface area contributed by atoms with Crippen molar-refractivity contribution in [3.63, 3.8) is 0 Å². The zero-order valence-corrected chi connectivity index (χ0v) is 13.5. The lowest BCUT2D eigenvalue weighted by Gasteiger charge is -2.17. The number of nitro benzene ring substituents is 1. The Kier molecular flexibility index (Phi) is 5.67. The van der Waals surface area contributed by atoms with Crippen LogP contribution in [-0.2, 0) is 11.2 Å². The van der Waals surface area contributed by atoms with Crippen molar-refractivity contribution >= 4 is 17.5 Å². The standard InChI is InChI=1S/C17H17N3O5/c1-25-15-8-3-2-5-11(15)10-14(16(18)21)19-17(22)12-6-4-7-13(9-12)20(23)24/h2-9,14H,10H2,1H3,(H2,18,21)(H,19,22)/t14-/m0/s1. The number of ether oxygens (including phenoxy) is 1. The molecule has 1 atom stereocenters. The quantitative estimate of drug-likeness (QED) is 0.581. The molecule has 2 aromatic carbocycles. The highest BCUT2D eigenvalue weighted by Gasteiger charge is 2.22. The third-order valence-corrected chi connectivity index (χ3v) is 3.58. The van der Waals surface area contributed by atoms with Gasteiger partial charge in [0.05, 0.1) is 12.0 Å². The largest absolute Gasteiger partial charge is 0.496 e. The summed E-state index contributed by atoms with van der Waals surface area (Å²) in [6, 6.07) is 11.3. The number of non-ortho nitro benzene ring substituents is 1. The van der Waals surface area contributed by atoms with Gasteiger partial charge in [0.25, 0.3) is 11.6 Å². The molecule has 0 saturated heterocycles. The molecule has 0 aliphatic heterocycles. The van der Waals surface area contributed by atoms with Gasteiger partial charge in [-0.15, -0.1) is 0 Å². The van der Waals surface area contributed by atoms with E-state index in [4.69, 9.17) is 10.5 Å². The first-order valence-electron chi connectivity index (χ1n) is 7.39. The summed E-state index contributed by atoms with van der Waals surface area (Å²) >= 11 is 0. The number of nitrogens with one attached hydrogen (secondary N) is 1. The van der Waals surface area contributed by atoms with Gasteiger partial charge in [-0.1, -0.05) is 24.3 Å². The minimum Gasteiger partial charge on any atom is -0.496 e. The van der Waals surface area contributed by atoms with E-state index in [2.05, 4.69) is 5.32 Å². The summed E-state index contributed by atoms with van der Waals surface area (Å²) in [5.74, 6) is -0.773. The van der Waals surface area contributed by atoms with E-state index in [1.807, 2.05) is 0 Å². The summed E-state index contributed by atoms with van der Waals surface area (Å²) in [6.07, 6.45) is 0.139. The lowest BCUT2D eigenvalue weighted by atomic mass is 10.0. The molecular formula is C17H17N3O5. The fraction of sp³-hybridized carbons (Fsp3) is 0.176. The van der Waals surface area contributed by atoms with Crippen molar-refractivity contribution in [2.45, 2.75) is 12.5 Å². The molecule has 0 spiro atoms. The van der Waals surface area contributed by atoms with Crippen LogP contribution < -0.4 is 15.8 Å². The molecule has 2 amide bonds. The van der Waals surface area contributed by atoms with Crippen LogP contribution in [0.15, 0.2) is 48.5 Å². The normalized spacial score (nSPS) is 11.4. The van der Waals surface area contributed by atoms with Crippen molar-refractivity contribution in [1.82, 2.24) is 5.32 Å². The molecule has 25 heavy (non-hydrogen) atoms. The van der Waals surface area contributed by atoms with E-state index in [1.165, 1.54) is 25.3 Å². The summed E-state index contributed by atoms with van der Waals surface area (Å²) in [5, 5.41) is 13.3. The number of nitro groups is 1. The van der Waals surface area contributed by atoms with Gasteiger partial charge in [-0.2, -0.15) is 0 Å². The number of primary amides is 1. The zero-order chi connectivity index (χ0) is 18.4. The molecular weight excluding hydrogens is 326 g/mol. The number of nitrogens with zero attached hydrogens (tertiary/aromatic N) is 1. The number of amides is 2. The maximum atomic E-state index is 12.3. The molecule has 8 nitrogen and oxygen atoms in total. The Hall–Kier alpha value is -3.42. The number of para-hydroxylation sites is 1. The molecule has 0 bridgehead atoms. The topological polar surface area (TPSA) is 125 Å². The molecule has 2 aromatic rings. The minimum absolute atomic E-state index is 0.0699. The van der Waals surface area contributed by atoms with E-state index in [1.54, 1.807) is 24.3 Å². The second-order valence-electron chi connectivity index (χ2n) is 5.25. The number of rotatable bonds is 7. The predicted octanol–water partition coefficient (Wildman–Crippen LogP) is 1.43. The zero-order valence-electron chi connectivity index (χ0n) is 13.5. The van der Waals surface area contributed by atoms with Gasteiger partial charge in [0.2, 0.25) is 5.91 Å². The van der Waals surface area contributed by atoms with Crippen LogP contribution in [0.1, 0.15) is 15.9 Å². The van der Waals surface area contributed by atoms with Gasteiger partial charge in [0.1, 0.15) is 11.8 Å². The Morgan fingerprint density at radius 1 is 1.24 bits per heavy atom. The highest BCUT2D eigenvalue weighted by molar-refractivity contribution is 5.97. The molecule has 0 aromatic heterocycles. The fourth-order valence-corrected chi connectivity index (χ4v) is 2.32. The summed E-state index contributed by atoms with van der Waals surface area (Å²) < 4.78 is 5.22.